The lowest BCUT2D eigenvalue weighted by molar-refractivity contribution is 0.126. The fourth-order valence-corrected chi connectivity index (χ4v) is 2.13. The molecule has 1 aromatic carbocycles. The SMILES string of the molecule is COc1ccc(C#N)cc1CN1CCCN(N)C1=O. The van der Waals surface area contributed by atoms with Crippen LogP contribution in [-0.4, -0.2) is 36.1 Å². The number of nitriles is 1. The second-order valence-corrected chi connectivity index (χ2v) is 4.39. The van der Waals surface area contributed by atoms with Crippen molar-refractivity contribution in [3.05, 3.63) is 29.3 Å². The molecular weight excluding hydrogens is 244 g/mol. The predicted octanol–water partition coefficient (Wildman–Crippen LogP) is 1.07. The molecule has 1 aliphatic rings. The molecule has 0 bridgehead atoms. The maximum absolute atomic E-state index is 11.9. The lowest BCUT2D eigenvalue weighted by Gasteiger charge is -2.33. The molecule has 0 radical (unpaired) electrons. The lowest BCUT2D eigenvalue weighted by Crippen LogP contribution is -2.52. The average molecular weight is 260 g/mol. The summed E-state index contributed by atoms with van der Waals surface area (Å²) in [6.45, 7) is 1.63. The van der Waals surface area contributed by atoms with E-state index in [2.05, 4.69) is 6.07 Å². The van der Waals surface area contributed by atoms with Crippen molar-refractivity contribution < 1.29 is 9.53 Å². The normalized spacial score (nSPS) is 15.3. The number of ether oxygens (including phenoxy) is 1. The van der Waals surface area contributed by atoms with E-state index in [1.807, 2.05) is 0 Å². The van der Waals surface area contributed by atoms with Crippen LogP contribution in [0.2, 0.25) is 0 Å². The standard InChI is InChI=1S/C13H16N4O2/c1-19-12-4-3-10(8-14)7-11(12)9-16-5-2-6-17(15)13(16)18/h3-4,7H,2,5-6,9,15H2,1H3. The third-order valence-electron chi connectivity index (χ3n) is 3.11. The molecule has 0 atom stereocenters. The van der Waals surface area contributed by atoms with Crippen LogP contribution < -0.4 is 10.6 Å². The second kappa shape index (κ2) is 5.59. The Morgan fingerprint density at radius 3 is 2.95 bits per heavy atom. The minimum Gasteiger partial charge on any atom is -0.496 e. The Balaban J connectivity index is 2.22. The Kier molecular flexibility index (Phi) is 3.88. The van der Waals surface area contributed by atoms with Crippen molar-refractivity contribution >= 4 is 6.03 Å². The van der Waals surface area contributed by atoms with Gasteiger partial charge in [-0.05, 0) is 24.6 Å². The maximum Gasteiger partial charge on any atom is 0.334 e. The van der Waals surface area contributed by atoms with Crippen LogP contribution in [0.25, 0.3) is 0 Å². The summed E-state index contributed by atoms with van der Waals surface area (Å²) < 4.78 is 5.26. The number of methoxy groups -OCH3 is 1. The van der Waals surface area contributed by atoms with Crippen LogP contribution in [0.5, 0.6) is 5.75 Å². The molecule has 0 spiro atoms. The molecule has 1 heterocycles. The summed E-state index contributed by atoms with van der Waals surface area (Å²) in [5, 5.41) is 10.1. The molecular formula is C13H16N4O2. The zero-order chi connectivity index (χ0) is 13.8. The van der Waals surface area contributed by atoms with Gasteiger partial charge in [-0.3, -0.25) is 5.01 Å². The first-order valence-corrected chi connectivity index (χ1v) is 6.04. The van der Waals surface area contributed by atoms with Gasteiger partial charge in [-0.25, -0.2) is 10.6 Å². The molecule has 1 saturated heterocycles. The molecule has 0 saturated carbocycles. The Morgan fingerprint density at radius 2 is 2.26 bits per heavy atom. The first-order valence-electron chi connectivity index (χ1n) is 6.04. The van der Waals surface area contributed by atoms with E-state index in [-0.39, 0.29) is 6.03 Å². The number of benzene rings is 1. The van der Waals surface area contributed by atoms with E-state index >= 15 is 0 Å². The van der Waals surface area contributed by atoms with E-state index < -0.39 is 0 Å². The van der Waals surface area contributed by atoms with Gasteiger partial charge in [0.25, 0.3) is 0 Å². The molecule has 6 nitrogen and oxygen atoms in total. The zero-order valence-corrected chi connectivity index (χ0v) is 10.8. The minimum atomic E-state index is -0.198. The number of nitrogens with two attached hydrogens (primary N) is 1. The van der Waals surface area contributed by atoms with Crippen molar-refractivity contribution in [3.8, 4) is 11.8 Å². The Morgan fingerprint density at radius 1 is 1.47 bits per heavy atom. The highest BCUT2D eigenvalue weighted by Gasteiger charge is 2.24. The minimum absolute atomic E-state index is 0.198. The molecule has 19 heavy (non-hydrogen) atoms. The topological polar surface area (TPSA) is 82.6 Å². The number of amides is 2. The van der Waals surface area contributed by atoms with E-state index in [4.69, 9.17) is 15.8 Å². The number of hydrazine groups is 1. The Labute approximate surface area is 111 Å². The van der Waals surface area contributed by atoms with Crippen molar-refractivity contribution in [2.75, 3.05) is 20.2 Å². The largest absolute Gasteiger partial charge is 0.496 e. The van der Waals surface area contributed by atoms with Crippen LogP contribution >= 0.6 is 0 Å². The maximum atomic E-state index is 11.9. The molecule has 100 valence electrons. The molecule has 1 aromatic rings. The van der Waals surface area contributed by atoms with Crippen LogP contribution in [0.1, 0.15) is 17.5 Å². The molecule has 0 aromatic heterocycles. The third-order valence-corrected chi connectivity index (χ3v) is 3.11. The van der Waals surface area contributed by atoms with Crippen molar-refractivity contribution in [1.82, 2.24) is 9.91 Å². The summed E-state index contributed by atoms with van der Waals surface area (Å²) in [5.74, 6) is 6.28. The summed E-state index contributed by atoms with van der Waals surface area (Å²) in [7, 11) is 1.57. The molecule has 0 aliphatic carbocycles. The van der Waals surface area contributed by atoms with Crippen LogP contribution in [0.15, 0.2) is 18.2 Å². The number of nitrogens with zero attached hydrogens (tertiary/aromatic N) is 3. The number of urea groups is 1. The van der Waals surface area contributed by atoms with Gasteiger partial charge in [0.05, 0.1) is 25.3 Å². The van der Waals surface area contributed by atoms with E-state index in [9.17, 15) is 4.79 Å². The molecule has 1 fully saturated rings. The van der Waals surface area contributed by atoms with E-state index in [1.165, 1.54) is 5.01 Å². The average Bonchev–Trinajstić information content (AvgIpc) is 2.43. The van der Waals surface area contributed by atoms with Gasteiger partial charge in [0.1, 0.15) is 5.75 Å². The Hall–Kier alpha value is -2.26. The van der Waals surface area contributed by atoms with Crippen molar-refractivity contribution in [1.29, 1.82) is 5.26 Å². The van der Waals surface area contributed by atoms with Crippen LogP contribution in [-0.2, 0) is 6.54 Å². The van der Waals surface area contributed by atoms with Gasteiger partial charge in [0.2, 0.25) is 0 Å². The first-order chi connectivity index (χ1) is 9.15. The van der Waals surface area contributed by atoms with E-state index in [0.29, 0.717) is 30.9 Å². The first kappa shape index (κ1) is 13.2. The van der Waals surface area contributed by atoms with E-state index in [0.717, 1.165) is 12.0 Å². The molecule has 6 heteroatoms. The van der Waals surface area contributed by atoms with Crippen LogP contribution in [0.4, 0.5) is 4.79 Å². The zero-order valence-electron chi connectivity index (χ0n) is 10.8. The quantitative estimate of drug-likeness (QED) is 0.651. The van der Waals surface area contributed by atoms with Gasteiger partial charge in [-0.2, -0.15) is 5.26 Å². The Bertz CT molecular complexity index is 524. The molecule has 2 N–H and O–H groups in total. The van der Waals surface area contributed by atoms with Gasteiger partial charge in [0, 0.05) is 18.7 Å². The van der Waals surface area contributed by atoms with E-state index in [1.54, 1.807) is 30.2 Å². The molecule has 2 rings (SSSR count). The van der Waals surface area contributed by atoms with Crippen LogP contribution in [0.3, 0.4) is 0 Å². The lowest BCUT2D eigenvalue weighted by atomic mass is 10.1. The summed E-state index contributed by atoms with van der Waals surface area (Å²) in [4.78, 5) is 13.6. The van der Waals surface area contributed by atoms with Crippen LogP contribution in [0, 0.1) is 11.3 Å². The summed E-state index contributed by atoms with van der Waals surface area (Å²) in [6, 6.07) is 7.05. The number of rotatable bonds is 3. The van der Waals surface area contributed by atoms with Gasteiger partial charge in [-0.15, -0.1) is 0 Å². The van der Waals surface area contributed by atoms with Crippen molar-refractivity contribution in [3.63, 3.8) is 0 Å². The summed E-state index contributed by atoms with van der Waals surface area (Å²) in [6.07, 6.45) is 0.836. The highest BCUT2D eigenvalue weighted by atomic mass is 16.5. The third kappa shape index (κ3) is 2.77. The molecule has 0 unspecified atom stereocenters. The summed E-state index contributed by atoms with van der Waals surface area (Å²) in [5.41, 5.74) is 1.36. The number of hydrogen-bond donors (Lipinski definition) is 1. The number of carbonyl (C=O) groups excluding carboxylic acids is 1. The monoisotopic (exact) mass is 260 g/mol. The number of carbonyl (C=O) groups is 1. The molecule has 2 amide bonds. The smallest absolute Gasteiger partial charge is 0.334 e. The van der Waals surface area contributed by atoms with Crippen molar-refractivity contribution in [2.24, 2.45) is 5.84 Å². The van der Waals surface area contributed by atoms with Gasteiger partial charge < -0.3 is 9.64 Å². The highest BCUT2D eigenvalue weighted by Crippen LogP contribution is 2.22. The fourth-order valence-electron chi connectivity index (χ4n) is 2.13. The van der Waals surface area contributed by atoms with Gasteiger partial charge in [0.15, 0.2) is 0 Å². The van der Waals surface area contributed by atoms with Gasteiger partial charge >= 0.3 is 6.03 Å². The van der Waals surface area contributed by atoms with Gasteiger partial charge in [-0.1, -0.05) is 0 Å². The fraction of sp³-hybridized carbons (Fsp3) is 0.385. The number of hydrogen-bond acceptors (Lipinski definition) is 4. The van der Waals surface area contributed by atoms with Crippen molar-refractivity contribution in [2.45, 2.75) is 13.0 Å². The molecule has 1 aliphatic heterocycles. The highest BCUT2D eigenvalue weighted by molar-refractivity contribution is 5.74. The predicted molar refractivity (Wildman–Crippen MR) is 69.0 cm³/mol. The second-order valence-electron chi connectivity index (χ2n) is 4.39. The summed E-state index contributed by atoms with van der Waals surface area (Å²) >= 11 is 0.